The van der Waals surface area contributed by atoms with Gasteiger partial charge in [-0.3, -0.25) is 0 Å². The second kappa shape index (κ2) is 3.92. The van der Waals surface area contributed by atoms with E-state index in [0.29, 0.717) is 0 Å². The van der Waals surface area contributed by atoms with Crippen molar-refractivity contribution in [1.82, 2.24) is 0 Å². The Kier molecular flexibility index (Phi) is 3.24. The Morgan fingerprint density at radius 3 is 2.43 bits per heavy atom. The third-order valence-corrected chi connectivity index (χ3v) is 2.13. The Labute approximate surface area is 82.0 Å². The summed E-state index contributed by atoms with van der Waals surface area (Å²) >= 11 is 0. The van der Waals surface area contributed by atoms with E-state index in [4.69, 9.17) is 14.6 Å². The van der Waals surface area contributed by atoms with Crippen LogP contribution in [0.4, 0.5) is 4.39 Å². The van der Waals surface area contributed by atoms with Gasteiger partial charge in [-0.15, -0.1) is 0 Å². The lowest BCUT2D eigenvalue weighted by atomic mass is 10.1. The molecule has 1 N–H and O–H groups in total. The molecule has 1 rings (SSSR count). The van der Waals surface area contributed by atoms with Crippen LogP contribution in [0.15, 0.2) is 0 Å². The molecule has 5 heteroatoms. The summed E-state index contributed by atoms with van der Waals surface area (Å²) in [4.78, 5) is 10.2. The number of alkyl halides is 1. The van der Waals surface area contributed by atoms with Gasteiger partial charge >= 0.3 is 0 Å². The molecule has 1 aliphatic heterocycles. The molecular weight excluding hydrogens is 191 g/mol. The van der Waals surface area contributed by atoms with Crippen LogP contribution in [-0.2, 0) is 14.3 Å². The summed E-state index contributed by atoms with van der Waals surface area (Å²) in [7, 11) is 0. The summed E-state index contributed by atoms with van der Waals surface area (Å²) in [6.45, 7) is 4.95. The number of ether oxygens (including phenoxy) is 2. The second-order valence-corrected chi connectivity index (χ2v) is 3.88. The van der Waals surface area contributed by atoms with Crippen LogP contribution in [0.5, 0.6) is 0 Å². The van der Waals surface area contributed by atoms with Crippen molar-refractivity contribution in [2.24, 2.45) is 0 Å². The van der Waals surface area contributed by atoms with E-state index in [0.717, 1.165) is 0 Å². The van der Waals surface area contributed by atoms with E-state index in [9.17, 15) is 9.18 Å². The molecular formula is C9H15FO4. The van der Waals surface area contributed by atoms with E-state index in [1.807, 2.05) is 0 Å². The average molecular weight is 206 g/mol. The highest BCUT2D eigenvalue weighted by atomic mass is 19.1. The Hall–Kier alpha value is -0.520. The Morgan fingerprint density at radius 2 is 2.07 bits per heavy atom. The number of aliphatic hydroxyl groups is 1. The van der Waals surface area contributed by atoms with E-state index < -0.39 is 30.3 Å². The maximum Gasteiger partial charge on any atom is 0.163 e. The summed E-state index contributed by atoms with van der Waals surface area (Å²) in [5.74, 6) is -0.864. The van der Waals surface area contributed by atoms with Crippen molar-refractivity contribution in [3.8, 4) is 0 Å². The SMILES string of the molecule is C[C@@H]1OC(C)(C)O[C@@H]1C(F)C(O)C=O. The first-order chi connectivity index (χ1) is 6.37. The van der Waals surface area contributed by atoms with Crippen molar-refractivity contribution in [3.63, 3.8) is 0 Å². The van der Waals surface area contributed by atoms with Gasteiger partial charge in [-0.2, -0.15) is 0 Å². The van der Waals surface area contributed by atoms with Gasteiger partial charge in [0, 0.05) is 0 Å². The van der Waals surface area contributed by atoms with Crippen LogP contribution < -0.4 is 0 Å². The lowest BCUT2D eigenvalue weighted by Crippen LogP contribution is -2.40. The van der Waals surface area contributed by atoms with Gasteiger partial charge in [-0.1, -0.05) is 0 Å². The van der Waals surface area contributed by atoms with E-state index in [-0.39, 0.29) is 6.29 Å². The van der Waals surface area contributed by atoms with E-state index in [2.05, 4.69) is 0 Å². The molecule has 0 aliphatic carbocycles. The lowest BCUT2D eigenvalue weighted by Gasteiger charge is -2.20. The highest BCUT2D eigenvalue weighted by Gasteiger charge is 2.45. The first-order valence-electron chi connectivity index (χ1n) is 4.50. The van der Waals surface area contributed by atoms with Crippen LogP contribution >= 0.6 is 0 Å². The monoisotopic (exact) mass is 206 g/mol. The number of halogens is 1. The largest absolute Gasteiger partial charge is 0.382 e. The van der Waals surface area contributed by atoms with Gasteiger partial charge in [0.05, 0.1) is 6.10 Å². The first-order valence-corrected chi connectivity index (χ1v) is 4.50. The normalized spacial score (nSPS) is 35.2. The zero-order valence-corrected chi connectivity index (χ0v) is 8.44. The van der Waals surface area contributed by atoms with E-state index in [1.165, 1.54) is 0 Å². The molecule has 0 aromatic rings. The maximum absolute atomic E-state index is 13.4. The van der Waals surface area contributed by atoms with Crippen molar-refractivity contribution in [2.45, 2.75) is 51.0 Å². The average Bonchev–Trinajstić information content (AvgIpc) is 2.37. The van der Waals surface area contributed by atoms with Crippen LogP contribution in [-0.4, -0.2) is 41.7 Å². The van der Waals surface area contributed by atoms with Gasteiger partial charge in [0.1, 0.15) is 12.2 Å². The number of carbonyl (C=O) groups is 1. The number of aldehydes is 1. The van der Waals surface area contributed by atoms with Gasteiger partial charge in [0.15, 0.2) is 18.2 Å². The van der Waals surface area contributed by atoms with Crippen molar-refractivity contribution in [2.75, 3.05) is 0 Å². The molecule has 82 valence electrons. The van der Waals surface area contributed by atoms with Gasteiger partial charge in [0.25, 0.3) is 0 Å². The topological polar surface area (TPSA) is 55.8 Å². The fourth-order valence-electron chi connectivity index (χ4n) is 1.56. The zero-order valence-electron chi connectivity index (χ0n) is 8.44. The summed E-state index contributed by atoms with van der Waals surface area (Å²) in [6.07, 6.45) is -4.62. The van der Waals surface area contributed by atoms with Crippen LogP contribution in [0.3, 0.4) is 0 Å². The fraction of sp³-hybridized carbons (Fsp3) is 0.889. The number of aliphatic hydroxyl groups excluding tert-OH is 1. The highest BCUT2D eigenvalue weighted by Crippen LogP contribution is 2.31. The predicted octanol–water partition coefficient (Wildman–Crippen LogP) is 0.424. The van der Waals surface area contributed by atoms with Crippen LogP contribution in [0, 0.1) is 0 Å². The zero-order chi connectivity index (χ0) is 10.9. The minimum absolute atomic E-state index is 0.159. The molecule has 2 unspecified atom stereocenters. The lowest BCUT2D eigenvalue weighted by molar-refractivity contribution is -0.156. The smallest absolute Gasteiger partial charge is 0.163 e. The van der Waals surface area contributed by atoms with Gasteiger partial charge < -0.3 is 19.4 Å². The molecule has 0 radical (unpaired) electrons. The van der Waals surface area contributed by atoms with Gasteiger partial charge in [-0.05, 0) is 20.8 Å². The van der Waals surface area contributed by atoms with Crippen molar-refractivity contribution in [1.29, 1.82) is 0 Å². The van der Waals surface area contributed by atoms with Crippen molar-refractivity contribution in [3.05, 3.63) is 0 Å². The van der Waals surface area contributed by atoms with Crippen LogP contribution in [0.2, 0.25) is 0 Å². The molecule has 1 aliphatic rings. The molecule has 0 bridgehead atoms. The van der Waals surface area contributed by atoms with Crippen molar-refractivity contribution >= 4 is 6.29 Å². The molecule has 0 saturated carbocycles. The Balaban J connectivity index is 2.65. The molecule has 0 amide bonds. The standard InChI is InChI=1S/C9H15FO4/c1-5-8(7(10)6(12)4-11)14-9(2,3)13-5/h4-8,12H,1-3H3/t5-,6?,7?,8-/m0/s1. The molecule has 0 spiro atoms. The van der Waals surface area contributed by atoms with Crippen LogP contribution in [0.1, 0.15) is 20.8 Å². The fourth-order valence-corrected chi connectivity index (χ4v) is 1.56. The first kappa shape index (κ1) is 11.6. The number of hydrogen-bond donors (Lipinski definition) is 1. The van der Waals surface area contributed by atoms with Gasteiger partial charge in [-0.25, -0.2) is 4.39 Å². The quantitative estimate of drug-likeness (QED) is 0.680. The summed E-state index contributed by atoms with van der Waals surface area (Å²) < 4.78 is 23.9. The summed E-state index contributed by atoms with van der Waals surface area (Å²) in [5.41, 5.74) is 0. The number of rotatable bonds is 3. The van der Waals surface area contributed by atoms with Crippen LogP contribution in [0.25, 0.3) is 0 Å². The molecule has 1 saturated heterocycles. The molecule has 14 heavy (non-hydrogen) atoms. The molecule has 4 atom stereocenters. The minimum atomic E-state index is -1.75. The number of hydrogen-bond acceptors (Lipinski definition) is 4. The molecule has 4 nitrogen and oxygen atoms in total. The Morgan fingerprint density at radius 1 is 1.50 bits per heavy atom. The number of carbonyl (C=O) groups excluding carboxylic acids is 1. The van der Waals surface area contributed by atoms with Gasteiger partial charge in [0.2, 0.25) is 0 Å². The molecule has 0 aromatic carbocycles. The molecule has 0 aromatic heterocycles. The Bertz CT molecular complexity index is 219. The van der Waals surface area contributed by atoms with E-state index >= 15 is 0 Å². The summed E-state index contributed by atoms with van der Waals surface area (Å²) in [6, 6.07) is 0. The molecule has 1 heterocycles. The highest BCUT2D eigenvalue weighted by molar-refractivity contribution is 5.56. The second-order valence-electron chi connectivity index (χ2n) is 3.88. The maximum atomic E-state index is 13.4. The summed E-state index contributed by atoms with van der Waals surface area (Å²) in [5, 5.41) is 9.00. The van der Waals surface area contributed by atoms with Crippen molar-refractivity contribution < 1.29 is 23.8 Å². The molecule has 1 fully saturated rings. The third-order valence-electron chi connectivity index (χ3n) is 2.13. The minimum Gasteiger partial charge on any atom is -0.382 e. The predicted molar refractivity (Wildman–Crippen MR) is 46.5 cm³/mol. The third kappa shape index (κ3) is 2.29. The van der Waals surface area contributed by atoms with E-state index in [1.54, 1.807) is 20.8 Å².